The first-order chi connectivity index (χ1) is 8.90. The number of nitrogens with zero attached hydrogens (tertiary/aromatic N) is 3. The molecule has 1 aliphatic heterocycles. The molecule has 0 spiro atoms. The Hall–Kier alpha value is -1.56. The van der Waals surface area contributed by atoms with Crippen molar-refractivity contribution >= 4 is 6.09 Å². The number of aryl methyl sites for hydroxylation is 1. The maximum absolute atomic E-state index is 12.1. The van der Waals surface area contributed by atoms with Gasteiger partial charge in [-0.1, -0.05) is 0 Å². The monoisotopic (exact) mass is 266 g/mol. The normalized spacial score (nSPS) is 15.9. The lowest BCUT2D eigenvalue weighted by Gasteiger charge is -2.26. The molecule has 19 heavy (non-hydrogen) atoms. The third-order valence-corrected chi connectivity index (χ3v) is 3.05. The maximum atomic E-state index is 12.1. The number of hydrogen-bond donors (Lipinski definition) is 1. The number of hydrogen-bond acceptors (Lipinski definition) is 4. The summed E-state index contributed by atoms with van der Waals surface area (Å²) in [6.07, 6.45) is 2.39. The van der Waals surface area contributed by atoms with Crippen molar-refractivity contribution in [2.45, 2.75) is 52.4 Å². The third-order valence-electron chi connectivity index (χ3n) is 3.05. The second-order valence-electron chi connectivity index (χ2n) is 5.80. The van der Waals surface area contributed by atoms with E-state index in [0.29, 0.717) is 19.6 Å². The van der Waals surface area contributed by atoms with Crippen LogP contribution in [0.5, 0.6) is 0 Å². The standard InChI is InChI=1S/C13H22N4O2/c1-13(2,3)19-12(18)16-5-4-6-17-11(9-16)10(7-14)8-15-17/h8H,4-7,9,14H2,1-3H3. The molecule has 106 valence electrons. The number of carbonyl (C=O) groups excluding carboxylic acids is 1. The van der Waals surface area contributed by atoms with Crippen LogP contribution in [0.1, 0.15) is 38.4 Å². The summed E-state index contributed by atoms with van der Waals surface area (Å²) >= 11 is 0. The number of rotatable bonds is 1. The van der Waals surface area contributed by atoms with Crippen LogP contribution in [-0.2, 0) is 24.4 Å². The summed E-state index contributed by atoms with van der Waals surface area (Å²) in [4.78, 5) is 13.9. The van der Waals surface area contributed by atoms with E-state index < -0.39 is 5.60 Å². The van der Waals surface area contributed by atoms with Crippen LogP contribution in [0.2, 0.25) is 0 Å². The highest BCUT2D eigenvalue weighted by molar-refractivity contribution is 5.68. The Bertz CT molecular complexity index is 462. The van der Waals surface area contributed by atoms with E-state index in [4.69, 9.17) is 10.5 Å². The van der Waals surface area contributed by atoms with Crippen molar-refractivity contribution in [3.05, 3.63) is 17.5 Å². The van der Waals surface area contributed by atoms with Gasteiger partial charge >= 0.3 is 6.09 Å². The molecule has 1 aromatic rings. The minimum Gasteiger partial charge on any atom is -0.444 e. The molecule has 2 N–H and O–H groups in total. The molecule has 0 fully saturated rings. The molecule has 6 heteroatoms. The van der Waals surface area contributed by atoms with Gasteiger partial charge in [0.1, 0.15) is 5.60 Å². The zero-order valence-corrected chi connectivity index (χ0v) is 11.8. The molecule has 0 aliphatic carbocycles. The average molecular weight is 266 g/mol. The largest absolute Gasteiger partial charge is 0.444 e. The van der Waals surface area contributed by atoms with Crippen molar-refractivity contribution in [2.24, 2.45) is 5.73 Å². The molecule has 2 heterocycles. The summed E-state index contributed by atoms with van der Waals surface area (Å²) in [5.41, 5.74) is 7.25. The van der Waals surface area contributed by atoms with Crippen LogP contribution in [0.4, 0.5) is 4.79 Å². The van der Waals surface area contributed by atoms with Gasteiger partial charge in [-0.25, -0.2) is 4.79 Å². The van der Waals surface area contributed by atoms with Crippen LogP contribution >= 0.6 is 0 Å². The molecular formula is C13H22N4O2. The zero-order chi connectivity index (χ0) is 14.0. The predicted octanol–water partition coefficient (Wildman–Crippen LogP) is 1.48. The second-order valence-corrected chi connectivity index (χ2v) is 5.80. The van der Waals surface area contributed by atoms with Crippen molar-refractivity contribution in [3.8, 4) is 0 Å². The number of fused-ring (bicyclic) bond motifs is 1. The van der Waals surface area contributed by atoms with Crippen LogP contribution in [0.15, 0.2) is 6.20 Å². The van der Waals surface area contributed by atoms with E-state index in [-0.39, 0.29) is 6.09 Å². The molecule has 1 amide bonds. The molecule has 1 aliphatic rings. The van der Waals surface area contributed by atoms with Crippen LogP contribution < -0.4 is 5.73 Å². The van der Waals surface area contributed by atoms with Gasteiger partial charge in [0, 0.05) is 25.2 Å². The van der Waals surface area contributed by atoms with Crippen molar-refractivity contribution < 1.29 is 9.53 Å². The van der Waals surface area contributed by atoms with Crippen molar-refractivity contribution in [1.29, 1.82) is 0 Å². The van der Waals surface area contributed by atoms with Gasteiger partial charge in [-0.05, 0) is 27.2 Å². The summed E-state index contributed by atoms with van der Waals surface area (Å²) in [5.74, 6) is 0. The van der Waals surface area contributed by atoms with E-state index >= 15 is 0 Å². The Balaban J connectivity index is 2.14. The van der Waals surface area contributed by atoms with Gasteiger partial charge < -0.3 is 15.4 Å². The van der Waals surface area contributed by atoms with Crippen molar-refractivity contribution in [3.63, 3.8) is 0 Å². The first-order valence-electron chi connectivity index (χ1n) is 6.62. The van der Waals surface area contributed by atoms with Gasteiger partial charge in [0.25, 0.3) is 0 Å². The Morgan fingerprint density at radius 1 is 1.47 bits per heavy atom. The van der Waals surface area contributed by atoms with E-state index in [0.717, 1.165) is 24.2 Å². The van der Waals surface area contributed by atoms with E-state index in [9.17, 15) is 4.79 Å². The zero-order valence-electron chi connectivity index (χ0n) is 11.8. The molecule has 6 nitrogen and oxygen atoms in total. The Kier molecular flexibility index (Phi) is 3.80. The number of aromatic nitrogens is 2. The minimum absolute atomic E-state index is 0.273. The maximum Gasteiger partial charge on any atom is 0.410 e. The average Bonchev–Trinajstić information content (AvgIpc) is 2.55. The Morgan fingerprint density at radius 2 is 2.21 bits per heavy atom. The molecule has 0 aromatic carbocycles. The first-order valence-corrected chi connectivity index (χ1v) is 6.62. The summed E-state index contributed by atoms with van der Waals surface area (Å²) in [6, 6.07) is 0. The van der Waals surface area contributed by atoms with Gasteiger partial charge in [-0.3, -0.25) is 4.68 Å². The lowest BCUT2D eigenvalue weighted by molar-refractivity contribution is 0.0236. The first kappa shape index (κ1) is 13.9. The molecule has 2 rings (SSSR count). The predicted molar refractivity (Wildman–Crippen MR) is 71.4 cm³/mol. The van der Waals surface area contributed by atoms with Crippen LogP contribution in [0.25, 0.3) is 0 Å². The van der Waals surface area contributed by atoms with Crippen molar-refractivity contribution in [1.82, 2.24) is 14.7 Å². The fraction of sp³-hybridized carbons (Fsp3) is 0.692. The van der Waals surface area contributed by atoms with Gasteiger partial charge in [-0.2, -0.15) is 5.10 Å². The van der Waals surface area contributed by atoms with Crippen LogP contribution in [0, 0.1) is 0 Å². The highest BCUT2D eigenvalue weighted by Gasteiger charge is 2.25. The molecule has 1 aromatic heterocycles. The quantitative estimate of drug-likeness (QED) is 0.835. The van der Waals surface area contributed by atoms with E-state index in [2.05, 4.69) is 5.10 Å². The van der Waals surface area contributed by atoms with Crippen molar-refractivity contribution in [2.75, 3.05) is 6.54 Å². The van der Waals surface area contributed by atoms with E-state index in [1.807, 2.05) is 25.5 Å². The molecule has 0 saturated carbocycles. The number of ether oxygens (including phenoxy) is 1. The fourth-order valence-electron chi connectivity index (χ4n) is 2.15. The molecule has 0 radical (unpaired) electrons. The molecule has 0 saturated heterocycles. The van der Waals surface area contributed by atoms with Crippen LogP contribution in [0.3, 0.4) is 0 Å². The fourth-order valence-corrected chi connectivity index (χ4v) is 2.15. The summed E-state index contributed by atoms with van der Waals surface area (Å²) < 4.78 is 7.36. The Morgan fingerprint density at radius 3 is 2.84 bits per heavy atom. The summed E-state index contributed by atoms with van der Waals surface area (Å²) in [7, 11) is 0. The minimum atomic E-state index is -0.472. The second kappa shape index (κ2) is 5.21. The number of carbonyl (C=O) groups is 1. The highest BCUT2D eigenvalue weighted by atomic mass is 16.6. The molecule has 0 atom stereocenters. The topological polar surface area (TPSA) is 73.4 Å². The molecule has 0 bridgehead atoms. The van der Waals surface area contributed by atoms with Gasteiger partial charge in [0.05, 0.1) is 18.4 Å². The van der Waals surface area contributed by atoms with Gasteiger partial charge in [0.2, 0.25) is 0 Å². The number of nitrogens with two attached hydrogens (primary N) is 1. The van der Waals surface area contributed by atoms with Crippen LogP contribution in [-0.4, -0.2) is 32.9 Å². The summed E-state index contributed by atoms with van der Waals surface area (Å²) in [5, 5.41) is 4.31. The smallest absolute Gasteiger partial charge is 0.410 e. The van der Waals surface area contributed by atoms with Gasteiger partial charge in [0.15, 0.2) is 0 Å². The summed E-state index contributed by atoms with van der Waals surface area (Å²) in [6.45, 7) is 8.07. The molecule has 0 unspecified atom stereocenters. The molecular weight excluding hydrogens is 244 g/mol. The highest BCUT2D eigenvalue weighted by Crippen LogP contribution is 2.18. The third kappa shape index (κ3) is 3.26. The van der Waals surface area contributed by atoms with Gasteiger partial charge in [-0.15, -0.1) is 0 Å². The van der Waals surface area contributed by atoms with E-state index in [1.165, 1.54) is 0 Å². The lowest BCUT2D eigenvalue weighted by atomic mass is 10.2. The Labute approximate surface area is 113 Å². The lowest BCUT2D eigenvalue weighted by Crippen LogP contribution is -2.36. The SMILES string of the molecule is CC(C)(C)OC(=O)N1CCCn2ncc(CN)c2C1. The number of amides is 1. The van der Waals surface area contributed by atoms with E-state index in [1.54, 1.807) is 11.1 Å².